The fraction of sp³-hybridized carbons (Fsp3) is 0.310. The summed E-state index contributed by atoms with van der Waals surface area (Å²) in [4.78, 5) is 39.5. The first-order chi connectivity index (χ1) is 18.9. The highest BCUT2D eigenvalue weighted by Gasteiger charge is 2.25. The predicted molar refractivity (Wildman–Crippen MR) is 152 cm³/mol. The van der Waals surface area contributed by atoms with E-state index in [9.17, 15) is 9.59 Å². The second kappa shape index (κ2) is 11.8. The van der Waals surface area contributed by atoms with E-state index in [4.69, 9.17) is 16.3 Å². The van der Waals surface area contributed by atoms with Gasteiger partial charge in [-0.3, -0.25) is 9.59 Å². The van der Waals surface area contributed by atoms with Gasteiger partial charge in [-0.05, 0) is 64.0 Å². The van der Waals surface area contributed by atoms with Crippen molar-refractivity contribution in [3.63, 3.8) is 0 Å². The molecule has 1 amide bonds. The van der Waals surface area contributed by atoms with Crippen LogP contribution < -0.4 is 15.4 Å². The van der Waals surface area contributed by atoms with E-state index in [2.05, 4.69) is 25.6 Å². The van der Waals surface area contributed by atoms with Gasteiger partial charge in [0.25, 0.3) is 0 Å². The molecule has 9 nitrogen and oxygen atoms in total. The Morgan fingerprint density at radius 2 is 1.74 bits per heavy atom. The van der Waals surface area contributed by atoms with Gasteiger partial charge in [0, 0.05) is 29.9 Å². The van der Waals surface area contributed by atoms with E-state index in [1.165, 1.54) is 6.33 Å². The fourth-order valence-corrected chi connectivity index (χ4v) is 5.16. The van der Waals surface area contributed by atoms with Crippen molar-refractivity contribution in [2.75, 3.05) is 26.0 Å². The third kappa shape index (κ3) is 6.38. The van der Waals surface area contributed by atoms with Crippen LogP contribution in [0.2, 0.25) is 5.02 Å². The van der Waals surface area contributed by atoms with Crippen LogP contribution >= 0.6 is 11.6 Å². The van der Waals surface area contributed by atoms with Gasteiger partial charge in [-0.2, -0.15) is 0 Å². The van der Waals surface area contributed by atoms with Crippen LogP contribution in [-0.4, -0.2) is 64.3 Å². The largest absolute Gasteiger partial charge is 0.457 e. The minimum absolute atomic E-state index is 0.0442. The van der Waals surface area contributed by atoms with Crippen LogP contribution in [0.4, 0.5) is 5.82 Å². The van der Waals surface area contributed by atoms with Crippen molar-refractivity contribution in [1.29, 1.82) is 0 Å². The molecule has 2 aromatic carbocycles. The average molecular weight is 547 g/mol. The maximum Gasteiger partial charge on any atom is 0.234 e. The molecule has 10 heteroatoms. The number of hydrogen-bond donors (Lipinski definition) is 3. The lowest BCUT2D eigenvalue weighted by Gasteiger charge is -2.30. The molecule has 3 N–H and O–H groups in total. The van der Waals surface area contributed by atoms with E-state index in [0.717, 1.165) is 25.7 Å². The van der Waals surface area contributed by atoms with Crippen molar-refractivity contribution in [2.24, 2.45) is 0 Å². The molecule has 2 heterocycles. The number of anilines is 1. The number of rotatable bonds is 9. The number of ether oxygens (including phenoxy) is 1. The molecular formula is C29H31ClN6O3. The molecule has 4 aromatic rings. The molecule has 0 atom stereocenters. The number of hydrogen-bond acceptors (Lipinski definition) is 7. The fourth-order valence-electron chi connectivity index (χ4n) is 4.90. The summed E-state index contributed by atoms with van der Waals surface area (Å²) in [6.07, 6.45) is 6.62. The van der Waals surface area contributed by atoms with E-state index in [0.29, 0.717) is 51.0 Å². The highest BCUT2D eigenvalue weighted by molar-refractivity contribution is 6.35. The van der Waals surface area contributed by atoms with Crippen molar-refractivity contribution in [3.8, 4) is 11.5 Å². The Labute approximate surface area is 231 Å². The summed E-state index contributed by atoms with van der Waals surface area (Å²) in [6, 6.07) is 14.8. The first-order valence-corrected chi connectivity index (χ1v) is 13.3. The minimum atomic E-state index is -0.234. The van der Waals surface area contributed by atoms with Crippen LogP contribution in [0, 0.1) is 0 Å². The summed E-state index contributed by atoms with van der Waals surface area (Å²) in [6.45, 7) is 0.383. The number of aromatic nitrogens is 3. The lowest BCUT2D eigenvalue weighted by atomic mass is 9.91. The van der Waals surface area contributed by atoms with Gasteiger partial charge in [0.15, 0.2) is 5.78 Å². The number of halogens is 1. The molecule has 1 aliphatic rings. The normalized spacial score (nSPS) is 17.2. The van der Waals surface area contributed by atoms with Crippen molar-refractivity contribution in [3.05, 3.63) is 77.2 Å². The number of aromatic amines is 1. The molecule has 0 aliphatic heterocycles. The van der Waals surface area contributed by atoms with Crippen LogP contribution in [0.5, 0.6) is 11.5 Å². The zero-order valence-corrected chi connectivity index (χ0v) is 22.7. The minimum Gasteiger partial charge on any atom is -0.457 e. The van der Waals surface area contributed by atoms with Crippen molar-refractivity contribution < 1.29 is 14.3 Å². The Bertz CT molecular complexity index is 1460. The summed E-state index contributed by atoms with van der Waals surface area (Å²) in [5.41, 5.74) is 1.37. The first-order valence-electron chi connectivity index (χ1n) is 13.0. The molecular weight excluding hydrogens is 516 g/mol. The molecule has 202 valence electrons. The van der Waals surface area contributed by atoms with Crippen LogP contribution in [0.15, 0.2) is 61.1 Å². The molecule has 1 saturated carbocycles. The van der Waals surface area contributed by atoms with Crippen LogP contribution in [0.3, 0.4) is 0 Å². The summed E-state index contributed by atoms with van der Waals surface area (Å²) >= 11 is 6.54. The lowest BCUT2D eigenvalue weighted by molar-refractivity contribution is -0.122. The van der Waals surface area contributed by atoms with Gasteiger partial charge in [-0.1, -0.05) is 29.8 Å². The number of carbonyl (C=O) groups is 2. The molecule has 0 spiro atoms. The number of amides is 1. The second-order valence-corrected chi connectivity index (χ2v) is 10.4. The van der Waals surface area contributed by atoms with Crippen LogP contribution in [-0.2, 0) is 4.79 Å². The number of para-hydroxylation sites is 1. The zero-order valence-electron chi connectivity index (χ0n) is 21.9. The van der Waals surface area contributed by atoms with E-state index in [-0.39, 0.29) is 23.8 Å². The molecule has 0 radical (unpaired) electrons. The zero-order chi connectivity index (χ0) is 27.4. The molecule has 0 unspecified atom stereocenters. The van der Waals surface area contributed by atoms with Crippen LogP contribution in [0.1, 0.15) is 41.6 Å². The van der Waals surface area contributed by atoms with Gasteiger partial charge in [-0.25, -0.2) is 9.97 Å². The number of benzene rings is 2. The van der Waals surface area contributed by atoms with Gasteiger partial charge < -0.3 is 25.3 Å². The Kier molecular flexibility index (Phi) is 8.09. The number of H-pyrrole nitrogens is 1. The summed E-state index contributed by atoms with van der Waals surface area (Å²) < 4.78 is 5.85. The average Bonchev–Trinajstić information content (AvgIpc) is 3.35. The number of carbonyl (C=O) groups excluding carboxylic acids is 2. The Hall–Kier alpha value is -3.95. The highest BCUT2D eigenvalue weighted by atomic mass is 35.5. The molecule has 0 saturated heterocycles. The van der Waals surface area contributed by atoms with E-state index in [1.807, 2.05) is 49.3 Å². The van der Waals surface area contributed by atoms with Gasteiger partial charge in [0.2, 0.25) is 5.91 Å². The van der Waals surface area contributed by atoms with Crippen molar-refractivity contribution in [1.82, 2.24) is 25.2 Å². The molecule has 1 aliphatic carbocycles. The second-order valence-electron chi connectivity index (χ2n) is 10.0. The molecule has 5 rings (SSSR count). The topological polar surface area (TPSA) is 112 Å². The van der Waals surface area contributed by atoms with E-state index >= 15 is 0 Å². The van der Waals surface area contributed by atoms with Gasteiger partial charge >= 0.3 is 0 Å². The number of nitrogens with zero attached hydrogens (tertiary/aromatic N) is 3. The number of likely N-dealkylation sites (N-methyl/N-ethyl adjacent to an activating group) is 1. The Morgan fingerprint density at radius 1 is 1.00 bits per heavy atom. The molecule has 39 heavy (non-hydrogen) atoms. The molecule has 0 bridgehead atoms. The molecule has 1 fully saturated rings. The van der Waals surface area contributed by atoms with Gasteiger partial charge in [0.05, 0.1) is 22.5 Å². The number of ketones is 1. The summed E-state index contributed by atoms with van der Waals surface area (Å²) in [5.74, 6) is 1.64. The third-order valence-electron chi connectivity index (χ3n) is 6.77. The quantitative estimate of drug-likeness (QED) is 0.252. The SMILES string of the molecule is CN(C)CC(=O)N[C@H]1CC[C@@H](Nc2ncnc3[nH]cc(C(=O)c4ccc(Oc5ccccc5)cc4Cl)c23)CC1. The molecule has 2 aromatic heterocycles. The van der Waals surface area contributed by atoms with Gasteiger partial charge in [-0.15, -0.1) is 0 Å². The van der Waals surface area contributed by atoms with E-state index in [1.54, 1.807) is 24.4 Å². The summed E-state index contributed by atoms with van der Waals surface area (Å²) in [7, 11) is 3.76. The van der Waals surface area contributed by atoms with Crippen LogP contribution in [0.25, 0.3) is 11.0 Å². The van der Waals surface area contributed by atoms with Crippen molar-refractivity contribution >= 4 is 40.1 Å². The summed E-state index contributed by atoms with van der Waals surface area (Å²) in [5, 5.41) is 7.56. The smallest absolute Gasteiger partial charge is 0.234 e. The maximum absolute atomic E-state index is 13.6. The monoisotopic (exact) mass is 546 g/mol. The highest BCUT2D eigenvalue weighted by Crippen LogP contribution is 2.32. The third-order valence-corrected chi connectivity index (χ3v) is 7.08. The Balaban J connectivity index is 1.30. The standard InChI is InChI=1S/C29H31ClN6O3/c1-36(2)16-25(37)34-18-8-10-19(11-9-18)35-29-26-23(15-31-28(26)32-17-33-29)27(38)22-13-12-21(14-24(22)30)39-20-6-4-3-5-7-20/h3-7,12-15,17-19H,8-11,16H2,1-2H3,(H,34,37)(H2,31,32,33,35)/t18-,19+. The van der Waals surface area contributed by atoms with E-state index < -0.39 is 0 Å². The van der Waals surface area contributed by atoms with Crippen molar-refractivity contribution in [2.45, 2.75) is 37.8 Å². The first kappa shape index (κ1) is 26.6. The maximum atomic E-state index is 13.6. The number of nitrogens with one attached hydrogen (secondary N) is 3. The number of fused-ring (bicyclic) bond motifs is 1. The lowest BCUT2D eigenvalue weighted by Crippen LogP contribution is -2.43. The Morgan fingerprint density at radius 3 is 2.46 bits per heavy atom. The predicted octanol–water partition coefficient (Wildman–Crippen LogP) is 5.04. The van der Waals surface area contributed by atoms with Gasteiger partial charge in [0.1, 0.15) is 29.3 Å².